The second-order valence-corrected chi connectivity index (χ2v) is 7.39. The van der Waals surface area contributed by atoms with Crippen molar-refractivity contribution < 1.29 is 9.59 Å². The van der Waals surface area contributed by atoms with Gasteiger partial charge < -0.3 is 10.2 Å². The van der Waals surface area contributed by atoms with Gasteiger partial charge >= 0.3 is 0 Å². The molecular formula is C23H29ClN2O2. The number of hydrogen-bond acceptors (Lipinski definition) is 2. The zero-order valence-corrected chi connectivity index (χ0v) is 17.4. The van der Waals surface area contributed by atoms with Crippen molar-refractivity contribution in [3.05, 3.63) is 70.7 Å². The maximum Gasteiger partial charge on any atom is 0.242 e. The predicted octanol–water partition coefficient (Wildman–Crippen LogP) is 4.61. The van der Waals surface area contributed by atoms with Crippen LogP contribution in [0.4, 0.5) is 0 Å². The summed E-state index contributed by atoms with van der Waals surface area (Å²) in [4.78, 5) is 27.2. The van der Waals surface area contributed by atoms with Crippen LogP contribution in [-0.4, -0.2) is 29.3 Å². The first-order valence-corrected chi connectivity index (χ1v) is 10.2. The molecule has 0 saturated carbocycles. The maximum atomic E-state index is 13.0. The molecule has 28 heavy (non-hydrogen) atoms. The summed E-state index contributed by atoms with van der Waals surface area (Å²) in [5.41, 5.74) is 2.06. The minimum atomic E-state index is -0.532. The van der Waals surface area contributed by atoms with Crippen LogP contribution in [0.3, 0.4) is 0 Å². The molecule has 0 radical (unpaired) electrons. The Labute approximate surface area is 172 Å². The van der Waals surface area contributed by atoms with Crippen LogP contribution in [0.15, 0.2) is 54.6 Å². The highest BCUT2D eigenvalue weighted by molar-refractivity contribution is 6.30. The van der Waals surface area contributed by atoms with E-state index in [1.807, 2.05) is 42.5 Å². The summed E-state index contributed by atoms with van der Waals surface area (Å²) in [6, 6.07) is 16.8. The number of hydrogen-bond donors (Lipinski definition) is 1. The molecule has 0 aliphatic rings. The van der Waals surface area contributed by atoms with E-state index in [9.17, 15) is 9.59 Å². The Bertz CT molecular complexity index is 747. The number of rotatable bonds is 10. The summed E-state index contributed by atoms with van der Waals surface area (Å²) in [6.45, 7) is 4.88. The van der Waals surface area contributed by atoms with Crippen molar-refractivity contribution in [2.75, 3.05) is 6.54 Å². The SMILES string of the molecule is CCCCNC(=O)[C@H](C)N(Cc1ccc(Cl)cc1)C(=O)CCc1ccccc1. The van der Waals surface area contributed by atoms with Gasteiger partial charge in [0.25, 0.3) is 0 Å². The Hall–Kier alpha value is -2.33. The standard InChI is InChI=1S/C23H29ClN2O2/c1-3-4-16-25-23(28)18(2)26(17-20-10-13-21(24)14-11-20)22(27)15-12-19-8-6-5-7-9-19/h5-11,13-14,18H,3-4,12,15-17H2,1-2H3,(H,25,28)/t18-/m0/s1. The molecule has 0 unspecified atom stereocenters. The zero-order valence-electron chi connectivity index (χ0n) is 16.7. The molecule has 0 saturated heterocycles. The number of benzene rings is 2. The number of carbonyl (C=O) groups excluding carboxylic acids is 2. The fourth-order valence-corrected chi connectivity index (χ4v) is 3.07. The molecule has 0 aliphatic heterocycles. The fraction of sp³-hybridized carbons (Fsp3) is 0.391. The predicted molar refractivity (Wildman–Crippen MR) is 114 cm³/mol. The second-order valence-electron chi connectivity index (χ2n) is 6.95. The van der Waals surface area contributed by atoms with Crippen molar-refractivity contribution in [1.29, 1.82) is 0 Å². The van der Waals surface area contributed by atoms with Crippen LogP contribution in [0.2, 0.25) is 5.02 Å². The topological polar surface area (TPSA) is 49.4 Å². The summed E-state index contributed by atoms with van der Waals surface area (Å²) in [5.74, 6) is -0.146. The Balaban J connectivity index is 2.08. The number of carbonyl (C=O) groups is 2. The smallest absolute Gasteiger partial charge is 0.242 e. The van der Waals surface area contributed by atoms with Gasteiger partial charge in [-0.1, -0.05) is 67.4 Å². The molecule has 2 rings (SSSR count). The van der Waals surface area contributed by atoms with Crippen LogP contribution < -0.4 is 5.32 Å². The van der Waals surface area contributed by atoms with Gasteiger partial charge in [0.15, 0.2) is 0 Å². The molecule has 5 heteroatoms. The zero-order chi connectivity index (χ0) is 20.4. The Kier molecular flexibility index (Phi) is 9.02. The summed E-state index contributed by atoms with van der Waals surface area (Å²) >= 11 is 5.97. The van der Waals surface area contributed by atoms with Gasteiger partial charge in [-0.05, 0) is 43.0 Å². The molecular weight excluding hydrogens is 372 g/mol. The van der Waals surface area contributed by atoms with E-state index in [1.54, 1.807) is 24.0 Å². The Morgan fingerprint density at radius 3 is 2.36 bits per heavy atom. The lowest BCUT2D eigenvalue weighted by Crippen LogP contribution is -2.47. The highest BCUT2D eigenvalue weighted by atomic mass is 35.5. The molecule has 0 aromatic heterocycles. The van der Waals surface area contributed by atoms with Crippen molar-refractivity contribution in [2.45, 2.75) is 52.1 Å². The molecule has 0 spiro atoms. The van der Waals surface area contributed by atoms with E-state index in [2.05, 4.69) is 12.2 Å². The van der Waals surface area contributed by atoms with E-state index in [-0.39, 0.29) is 11.8 Å². The van der Waals surface area contributed by atoms with Crippen molar-refractivity contribution in [3.8, 4) is 0 Å². The molecule has 150 valence electrons. The number of nitrogens with one attached hydrogen (secondary N) is 1. The lowest BCUT2D eigenvalue weighted by atomic mass is 10.1. The van der Waals surface area contributed by atoms with Crippen LogP contribution in [0.1, 0.15) is 44.2 Å². The van der Waals surface area contributed by atoms with Crippen LogP contribution in [-0.2, 0) is 22.6 Å². The number of unbranched alkanes of at least 4 members (excludes halogenated alkanes) is 1. The number of aryl methyl sites for hydroxylation is 1. The minimum absolute atomic E-state index is 0.0306. The van der Waals surface area contributed by atoms with Gasteiger partial charge in [-0.3, -0.25) is 9.59 Å². The van der Waals surface area contributed by atoms with Crippen molar-refractivity contribution >= 4 is 23.4 Å². The maximum absolute atomic E-state index is 13.0. The molecule has 0 fully saturated rings. The number of nitrogens with zero attached hydrogens (tertiary/aromatic N) is 1. The third-order valence-electron chi connectivity index (χ3n) is 4.73. The van der Waals surface area contributed by atoms with E-state index in [4.69, 9.17) is 11.6 Å². The minimum Gasteiger partial charge on any atom is -0.354 e. The van der Waals surface area contributed by atoms with E-state index in [0.29, 0.717) is 31.0 Å². The molecule has 2 aromatic rings. The van der Waals surface area contributed by atoms with Crippen molar-refractivity contribution in [3.63, 3.8) is 0 Å². The van der Waals surface area contributed by atoms with Crippen LogP contribution in [0.5, 0.6) is 0 Å². The molecule has 4 nitrogen and oxygen atoms in total. The Morgan fingerprint density at radius 2 is 1.71 bits per heavy atom. The van der Waals surface area contributed by atoms with Gasteiger partial charge in [0.1, 0.15) is 6.04 Å². The van der Waals surface area contributed by atoms with Gasteiger partial charge in [0.2, 0.25) is 11.8 Å². The van der Waals surface area contributed by atoms with E-state index in [1.165, 1.54) is 0 Å². The summed E-state index contributed by atoms with van der Waals surface area (Å²) in [5, 5.41) is 3.58. The molecule has 1 atom stereocenters. The summed E-state index contributed by atoms with van der Waals surface area (Å²) in [6.07, 6.45) is 2.96. The van der Waals surface area contributed by atoms with Crippen molar-refractivity contribution in [1.82, 2.24) is 10.2 Å². The quantitative estimate of drug-likeness (QED) is 0.592. The normalized spacial score (nSPS) is 11.7. The molecule has 2 amide bonds. The first-order valence-electron chi connectivity index (χ1n) is 9.86. The largest absolute Gasteiger partial charge is 0.354 e. The number of halogens is 1. The molecule has 0 bridgehead atoms. The lowest BCUT2D eigenvalue weighted by molar-refractivity contribution is -0.140. The van der Waals surface area contributed by atoms with Crippen LogP contribution in [0, 0.1) is 0 Å². The van der Waals surface area contributed by atoms with Gasteiger partial charge in [-0.15, -0.1) is 0 Å². The van der Waals surface area contributed by atoms with E-state index in [0.717, 1.165) is 24.0 Å². The van der Waals surface area contributed by atoms with Gasteiger partial charge in [-0.25, -0.2) is 0 Å². The van der Waals surface area contributed by atoms with Crippen molar-refractivity contribution in [2.24, 2.45) is 0 Å². The van der Waals surface area contributed by atoms with Crippen LogP contribution >= 0.6 is 11.6 Å². The van der Waals surface area contributed by atoms with E-state index < -0.39 is 6.04 Å². The fourth-order valence-electron chi connectivity index (χ4n) is 2.94. The molecule has 0 aliphatic carbocycles. The van der Waals surface area contributed by atoms with Crippen LogP contribution in [0.25, 0.3) is 0 Å². The molecule has 2 aromatic carbocycles. The first kappa shape index (κ1) is 22.0. The average molecular weight is 401 g/mol. The second kappa shape index (κ2) is 11.5. The Morgan fingerprint density at radius 1 is 1.04 bits per heavy atom. The molecule has 1 N–H and O–H groups in total. The number of amides is 2. The lowest BCUT2D eigenvalue weighted by Gasteiger charge is -2.29. The van der Waals surface area contributed by atoms with Gasteiger partial charge in [0.05, 0.1) is 0 Å². The van der Waals surface area contributed by atoms with Gasteiger partial charge in [-0.2, -0.15) is 0 Å². The third kappa shape index (κ3) is 7.01. The average Bonchev–Trinajstić information content (AvgIpc) is 2.72. The summed E-state index contributed by atoms with van der Waals surface area (Å²) in [7, 11) is 0. The highest BCUT2D eigenvalue weighted by Crippen LogP contribution is 2.15. The highest BCUT2D eigenvalue weighted by Gasteiger charge is 2.25. The first-order chi connectivity index (χ1) is 13.5. The third-order valence-corrected chi connectivity index (χ3v) is 4.99. The van der Waals surface area contributed by atoms with Gasteiger partial charge in [0, 0.05) is 24.5 Å². The van der Waals surface area contributed by atoms with E-state index >= 15 is 0 Å². The summed E-state index contributed by atoms with van der Waals surface area (Å²) < 4.78 is 0. The molecule has 0 heterocycles. The monoisotopic (exact) mass is 400 g/mol.